The van der Waals surface area contributed by atoms with E-state index < -0.39 is 17.7 Å². The zero-order chi connectivity index (χ0) is 23.8. The maximum Gasteiger partial charge on any atom is 0.435 e. The molecule has 6 nitrogen and oxygen atoms in total. The number of fused-ring (bicyclic) bond motifs is 1. The van der Waals surface area contributed by atoms with Crippen molar-refractivity contribution in [3.05, 3.63) is 52.6 Å². The van der Waals surface area contributed by atoms with E-state index in [2.05, 4.69) is 5.10 Å². The average Bonchev–Trinajstić information content (AvgIpc) is 3.18. The molecule has 2 aliphatic rings. The van der Waals surface area contributed by atoms with Crippen molar-refractivity contribution >= 4 is 11.9 Å². The quantitative estimate of drug-likeness (QED) is 0.505. The Morgan fingerprint density at radius 2 is 1.73 bits per heavy atom. The highest BCUT2D eigenvalue weighted by Crippen LogP contribution is 2.37. The Hall–Kier alpha value is -2.91. The Bertz CT molecular complexity index is 1020. The van der Waals surface area contributed by atoms with Gasteiger partial charge < -0.3 is 9.64 Å². The number of hydrogen-bond donors (Lipinski definition) is 0. The number of amides is 1. The molecule has 0 saturated heterocycles. The van der Waals surface area contributed by atoms with Crippen molar-refractivity contribution < 1.29 is 31.9 Å². The first kappa shape index (κ1) is 23.3. The fourth-order valence-electron chi connectivity index (χ4n) is 4.79. The summed E-state index contributed by atoms with van der Waals surface area (Å²) in [6.07, 6.45) is -2.33. The highest BCUT2D eigenvalue weighted by Gasteiger charge is 2.41. The van der Waals surface area contributed by atoms with Crippen LogP contribution in [0.2, 0.25) is 0 Å². The molecular weight excluding hydrogens is 442 g/mol. The van der Waals surface area contributed by atoms with Crippen LogP contribution in [0, 0.1) is 17.7 Å². The number of aromatic nitrogens is 2. The molecule has 10 heteroatoms. The fourth-order valence-corrected chi connectivity index (χ4v) is 4.79. The molecule has 1 aliphatic heterocycles. The molecule has 178 valence electrons. The van der Waals surface area contributed by atoms with Crippen LogP contribution < -0.4 is 0 Å². The van der Waals surface area contributed by atoms with Gasteiger partial charge in [-0.1, -0.05) is 12.1 Å². The fraction of sp³-hybridized carbons (Fsp3) is 0.522. The molecule has 1 aromatic carbocycles. The van der Waals surface area contributed by atoms with Gasteiger partial charge in [0.25, 0.3) is 0 Å². The topological polar surface area (TPSA) is 64.4 Å². The van der Waals surface area contributed by atoms with E-state index in [9.17, 15) is 27.2 Å². The lowest BCUT2D eigenvalue weighted by molar-refractivity contribution is -0.149. The first-order chi connectivity index (χ1) is 15.7. The van der Waals surface area contributed by atoms with Gasteiger partial charge in [-0.05, 0) is 49.8 Å². The van der Waals surface area contributed by atoms with Crippen molar-refractivity contribution in [1.29, 1.82) is 0 Å². The molecule has 1 aromatic heterocycles. The van der Waals surface area contributed by atoms with Crippen LogP contribution in [0.25, 0.3) is 0 Å². The molecule has 0 N–H and O–H groups in total. The number of alkyl halides is 3. The Labute approximate surface area is 188 Å². The third-order valence-corrected chi connectivity index (χ3v) is 6.58. The maximum atomic E-state index is 13.6. The summed E-state index contributed by atoms with van der Waals surface area (Å²) in [6, 6.07) is 5.50. The number of carbonyl (C=O) groups excluding carboxylic acids is 2. The number of esters is 1. The number of benzene rings is 1. The van der Waals surface area contributed by atoms with E-state index in [1.807, 2.05) is 0 Å². The van der Waals surface area contributed by atoms with Crippen LogP contribution in [0.15, 0.2) is 24.3 Å². The zero-order valence-corrected chi connectivity index (χ0v) is 18.2. The van der Waals surface area contributed by atoms with E-state index in [-0.39, 0.29) is 55.3 Å². The van der Waals surface area contributed by atoms with Crippen LogP contribution >= 0.6 is 0 Å². The first-order valence-electron chi connectivity index (χ1n) is 10.9. The molecule has 33 heavy (non-hydrogen) atoms. The molecule has 4 rings (SSSR count). The molecule has 1 amide bonds. The minimum Gasteiger partial charge on any atom is -0.469 e. The second kappa shape index (κ2) is 9.15. The predicted molar refractivity (Wildman–Crippen MR) is 109 cm³/mol. The highest BCUT2D eigenvalue weighted by atomic mass is 19.4. The minimum atomic E-state index is -4.60. The van der Waals surface area contributed by atoms with Gasteiger partial charge in [-0.15, -0.1) is 0 Å². The van der Waals surface area contributed by atoms with Crippen LogP contribution in [0.1, 0.15) is 48.2 Å². The molecule has 0 radical (unpaired) electrons. The van der Waals surface area contributed by atoms with Crippen molar-refractivity contribution in [2.24, 2.45) is 11.8 Å². The summed E-state index contributed by atoms with van der Waals surface area (Å²) in [5.74, 6) is -1.28. The van der Waals surface area contributed by atoms with E-state index >= 15 is 0 Å². The highest BCUT2D eigenvalue weighted by molar-refractivity contribution is 5.80. The van der Waals surface area contributed by atoms with Crippen molar-refractivity contribution in [2.45, 2.75) is 51.4 Å². The molecule has 0 atom stereocenters. The average molecular weight is 467 g/mol. The van der Waals surface area contributed by atoms with Gasteiger partial charge in [0.05, 0.1) is 31.8 Å². The van der Waals surface area contributed by atoms with E-state index in [4.69, 9.17) is 4.74 Å². The van der Waals surface area contributed by atoms with Crippen molar-refractivity contribution in [3.63, 3.8) is 0 Å². The Morgan fingerprint density at radius 3 is 2.33 bits per heavy atom. The summed E-state index contributed by atoms with van der Waals surface area (Å²) in [4.78, 5) is 26.5. The van der Waals surface area contributed by atoms with Gasteiger partial charge in [0.15, 0.2) is 5.69 Å². The van der Waals surface area contributed by atoms with Gasteiger partial charge in [0.1, 0.15) is 5.82 Å². The molecule has 1 aliphatic carbocycles. The zero-order valence-electron chi connectivity index (χ0n) is 18.2. The van der Waals surface area contributed by atoms with Gasteiger partial charge in [0.2, 0.25) is 5.91 Å². The third kappa shape index (κ3) is 4.89. The summed E-state index contributed by atoms with van der Waals surface area (Å²) >= 11 is 0. The van der Waals surface area contributed by atoms with Gasteiger partial charge >= 0.3 is 12.1 Å². The largest absolute Gasteiger partial charge is 0.469 e. The molecular formula is C23H25F4N3O3. The Balaban J connectivity index is 1.53. The number of nitrogens with zero attached hydrogens (tertiary/aromatic N) is 3. The monoisotopic (exact) mass is 467 g/mol. The summed E-state index contributed by atoms with van der Waals surface area (Å²) in [6.45, 7) is 0.272. The molecule has 2 aromatic rings. The molecule has 0 unspecified atom stereocenters. The lowest BCUT2D eigenvalue weighted by Gasteiger charge is -2.33. The lowest BCUT2D eigenvalue weighted by atomic mass is 9.81. The SMILES string of the molecule is COC(=O)C1CCC(C(=O)N2CCc3c(C(F)(F)F)nn(Cc4ccc(F)cc4)c3C2)CC1. The Morgan fingerprint density at radius 1 is 1.09 bits per heavy atom. The van der Waals surface area contributed by atoms with Crippen LogP contribution in [0.3, 0.4) is 0 Å². The van der Waals surface area contributed by atoms with Crippen LogP contribution in [0.4, 0.5) is 17.6 Å². The van der Waals surface area contributed by atoms with Crippen LogP contribution in [-0.4, -0.2) is 40.2 Å². The third-order valence-electron chi connectivity index (χ3n) is 6.58. The molecule has 1 fully saturated rings. The summed E-state index contributed by atoms with van der Waals surface area (Å²) in [5, 5.41) is 3.83. The van der Waals surface area contributed by atoms with Gasteiger partial charge in [-0.3, -0.25) is 14.3 Å². The number of ether oxygens (including phenoxy) is 1. The normalized spacial score (nSPS) is 20.9. The van der Waals surface area contributed by atoms with E-state index in [0.717, 1.165) is 0 Å². The van der Waals surface area contributed by atoms with E-state index in [1.165, 1.54) is 36.1 Å². The van der Waals surface area contributed by atoms with Crippen molar-refractivity contribution in [2.75, 3.05) is 13.7 Å². The second-order valence-electron chi connectivity index (χ2n) is 8.64. The summed E-state index contributed by atoms with van der Waals surface area (Å²) in [5.41, 5.74) is 0.155. The van der Waals surface area contributed by atoms with Gasteiger partial charge in [-0.25, -0.2) is 4.39 Å². The Kier molecular flexibility index (Phi) is 6.45. The van der Waals surface area contributed by atoms with Gasteiger partial charge in [0, 0.05) is 18.0 Å². The van der Waals surface area contributed by atoms with Crippen molar-refractivity contribution in [1.82, 2.24) is 14.7 Å². The van der Waals surface area contributed by atoms with Crippen LogP contribution in [-0.2, 0) is 40.0 Å². The maximum absolute atomic E-state index is 13.6. The molecule has 0 bridgehead atoms. The molecule has 1 saturated carbocycles. The first-order valence-corrected chi connectivity index (χ1v) is 10.9. The van der Waals surface area contributed by atoms with Crippen LogP contribution in [0.5, 0.6) is 0 Å². The number of methoxy groups -OCH3 is 1. The number of rotatable bonds is 4. The number of halogens is 4. The minimum absolute atomic E-state index is 0.0371. The van der Waals surface area contributed by atoms with Crippen molar-refractivity contribution in [3.8, 4) is 0 Å². The predicted octanol–water partition coefficient (Wildman–Crippen LogP) is 3.95. The van der Waals surface area contributed by atoms with E-state index in [1.54, 1.807) is 4.90 Å². The summed E-state index contributed by atoms with van der Waals surface area (Å²) < 4.78 is 60.1. The second-order valence-corrected chi connectivity index (χ2v) is 8.64. The standard InChI is InChI=1S/C23H25F4N3O3/c1-33-22(32)16-6-4-15(5-7-16)21(31)29-11-10-18-19(13-29)30(28-20(18)23(25,26)27)12-14-2-8-17(24)9-3-14/h2-3,8-9,15-16H,4-7,10-13H2,1H3. The van der Waals surface area contributed by atoms with Gasteiger partial charge in [-0.2, -0.15) is 18.3 Å². The number of carbonyl (C=O) groups is 2. The number of hydrogen-bond acceptors (Lipinski definition) is 4. The summed E-state index contributed by atoms with van der Waals surface area (Å²) in [7, 11) is 1.34. The van der Waals surface area contributed by atoms with E-state index in [0.29, 0.717) is 36.9 Å². The lowest BCUT2D eigenvalue weighted by Crippen LogP contribution is -2.42. The molecule has 2 heterocycles. The smallest absolute Gasteiger partial charge is 0.435 e. The molecule has 0 spiro atoms.